The lowest BCUT2D eigenvalue weighted by Crippen LogP contribution is -2.34. The van der Waals surface area contributed by atoms with E-state index in [1.807, 2.05) is 6.07 Å². The van der Waals surface area contributed by atoms with Crippen molar-refractivity contribution >= 4 is 0 Å². The second kappa shape index (κ2) is 6.23. The van der Waals surface area contributed by atoms with Gasteiger partial charge in [-0.25, -0.2) is 4.39 Å². The van der Waals surface area contributed by atoms with Crippen LogP contribution in [0.15, 0.2) is 24.3 Å². The highest BCUT2D eigenvalue weighted by Crippen LogP contribution is 2.41. The maximum Gasteiger partial charge on any atom is 0.129 e. The van der Waals surface area contributed by atoms with Crippen molar-refractivity contribution in [1.29, 1.82) is 0 Å². The number of ether oxygens (including phenoxy) is 1. The topological polar surface area (TPSA) is 35.2 Å². The molecule has 2 N–H and O–H groups in total. The molecule has 3 atom stereocenters. The molecule has 112 valence electrons. The first-order valence-electron chi connectivity index (χ1n) is 7.51. The molecule has 0 saturated heterocycles. The van der Waals surface area contributed by atoms with Gasteiger partial charge in [0.25, 0.3) is 0 Å². The fraction of sp³-hybridized carbons (Fsp3) is 0.647. The Balaban J connectivity index is 2.09. The van der Waals surface area contributed by atoms with Gasteiger partial charge in [0.2, 0.25) is 0 Å². The van der Waals surface area contributed by atoms with Gasteiger partial charge in [0.15, 0.2) is 0 Å². The summed E-state index contributed by atoms with van der Waals surface area (Å²) in [4.78, 5) is 0. The van der Waals surface area contributed by atoms with E-state index >= 15 is 0 Å². The van der Waals surface area contributed by atoms with Crippen molar-refractivity contribution in [3.05, 3.63) is 35.6 Å². The van der Waals surface area contributed by atoms with Crippen molar-refractivity contribution in [2.45, 2.75) is 52.2 Å². The molecule has 0 heterocycles. The molecule has 2 rings (SSSR count). The summed E-state index contributed by atoms with van der Waals surface area (Å²) in [5, 5.41) is 0. The zero-order chi connectivity index (χ0) is 14.8. The smallest absolute Gasteiger partial charge is 0.129 e. The average Bonchev–Trinajstić information content (AvgIpc) is 2.34. The van der Waals surface area contributed by atoms with E-state index in [2.05, 4.69) is 20.8 Å². The third kappa shape index (κ3) is 3.80. The van der Waals surface area contributed by atoms with E-state index in [0.717, 1.165) is 12.8 Å². The zero-order valence-electron chi connectivity index (χ0n) is 12.7. The van der Waals surface area contributed by atoms with Crippen molar-refractivity contribution in [2.75, 3.05) is 6.54 Å². The summed E-state index contributed by atoms with van der Waals surface area (Å²) in [5.41, 5.74) is 6.66. The molecule has 0 amide bonds. The summed E-state index contributed by atoms with van der Waals surface area (Å²) in [6.07, 6.45) is 3.10. The van der Waals surface area contributed by atoms with Gasteiger partial charge in [-0.15, -0.1) is 0 Å². The number of benzene rings is 1. The predicted octanol–water partition coefficient (Wildman–Crippen LogP) is 4.06. The number of halogens is 1. The summed E-state index contributed by atoms with van der Waals surface area (Å²) in [5.74, 6) is 0.411. The molecule has 1 aromatic carbocycles. The molecule has 1 aliphatic carbocycles. The Hall–Kier alpha value is -0.930. The first-order chi connectivity index (χ1) is 9.41. The molecule has 1 aliphatic rings. The van der Waals surface area contributed by atoms with Crippen LogP contribution in [-0.2, 0) is 4.74 Å². The van der Waals surface area contributed by atoms with Gasteiger partial charge in [-0.1, -0.05) is 39.0 Å². The lowest BCUT2D eigenvalue weighted by atomic mass is 9.71. The van der Waals surface area contributed by atoms with Crippen molar-refractivity contribution in [1.82, 2.24) is 0 Å². The molecular formula is C17H26FNO. The first-order valence-corrected chi connectivity index (χ1v) is 7.51. The Morgan fingerprint density at radius 1 is 1.35 bits per heavy atom. The molecule has 0 bridgehead atoms. The van der Waals surface area contributed by atoms with E-state index in [9.17, 15) is 4.39 Å². The normalized spacial score (nSPS) is 27.2. The quantitative estimate of drug-likeness (QED) is 0.902. The Labute approximate surface area is 121 Å². The van der Waals surface area contributed by atoms with Crippen LogP contribution in [0.5, 0.6) is 0 Å². The molecule has 1 saturated carbocycles. The van der Waals surface area contributed by atoms with Crippen LogP contribution in [0.3, 0.4) is 0 Å². The molecule has 3 heteroatoms. The summed E-state index contributed by atoms with van der Waals surface area (Å²) < 4.78 is 20.0. The Kier molecular flexibility index (Phi) is 4.82. The summed E-state index contributed by atoms with van der Waals surface area (Å²) in [6, 6.07) is 6.76. The third-order valence-electron chi connectivity index (χ3n) is 4.17. The van der Waals surface area contributed by atoms with Crippen LogP contribution in [-0.4, -0.2) is 12.6 Å². The number of hydrogen-bond acceptors (Lipinski definition) is 2. The number of nitrogens with two attached hydrogens (primary N) is 1. The Bertz CT molecular complexity index is 446. The molecule has 0 aliphatic heterocycles. The van der Waals surface area contributed by atoms with Gasteiger partial charge in [-0.2, -0.15) is 0 Å². The summed E-state index contributed by atoms with van der Waals surface area (Å²) in [7, 11) is 0. The minimum atomic E-state index is -0.345. The molecule has 1 fully saturated rings. The maximum absolute atomic E-state index is 13.9. The van der Waals surface area contributed by atoms with E-state index in [1.165, 1.54) is 12.5 Å². The van der Waals surface area contributed by atoms with E-state index < -0.39 is 0 Å². The Morgan fingerprint density at radius 2 is 2.05 bits per heavy atom. The van der Waals surface area contributed by atoms with Crippen molar-refractivity contribution in [3.8, 4) is 0 Å². The van der Waals surface area contributed by atoms with Gasteiger partial charge in [-0.05, 0) is 36.7 Å². The van der Waals surface area contributed by atoms with Crippen LogP contribution >= 0.6 is 0 Å². The van der Waals surface area contributed by atoms with Crippen LogP contribution in [0.25, 0.3) is 0 Å². The maximum atomic E-state index is 13.9. The fourth-order valence-corrected chi connectivity index (χ4v) is 3.59. The summed E-state index contributed by atoms with van der Waals surface area (Å²) >= 11 is 0. The molecule has 0 spiro atoms. The standard InChI is InChI=1S/C17H26FNO/c1-12-8-13(10-17(2,3)9-12)20-16(11-19)14-6-4-5-7-15(14)18/h4-7,12-13,16H,8-11,19H2,1-3H3. The molecule has 0 aromatic heterocycles. The molecule has 20 heavy (non-hydrogen) atoms. The minimum absolute atomic E-state index is 0.168. The van der Waals surface area contributed by atoms with Gasteiger partial charge in [-0.3, -0.25) is 0 Å². The molecule has 1 aromatic rings. The SMILES string of the molecule is CC1CC(OC(CN)c2ccccc2F)CC(C)(C)C1. The summed E-state index contributed by atoms with van der Waals surface area (Å²) in [6.45, 7) is 7.13. The zero-order valence-corrected chi connectivity index (χ0v) is 12.7. The van der Waals surface area contributed by atoms with E-state index in [-0.39, 0.29) is 23.4 Å². The average molecular weight is 279 g/mol. The van der Waals surface area contributed by atoms with Crippen LogP contribution in [0.1, 0.15) is 51.7 Å². The van der Waals surface area contributed by atoms with Gasteiger partial charge < -0.3 is 10.5 Å². The Morgan fingerprint density at radius 3 is 2.65 bits per heavy atom. The van der Waals surface area contributed by atoms with E-state index in [0.29, 0.717) is 18.0 Å². The van der Waals surface area contributed by atoms with Gasteiger partial charge in [0.05, 0.1) is 12.2 Å². The van der Waals surface area contributed by atoms with Gasteiger partial charge >= 0.3 is 0 Å². The molecule has 0 radical (unpaired) electrons. The lowest BCUT2D eigenvalue weighted by Gasteiger charge is -2.40. The molecule has 3 unspecified atom stereocenters. The van der Waals surface area contributed by atoms with Crippen LogP contribution in [0, 0.1) is 17.2 Å². The number of hydrogen-bond donors (Lipinski definition) is 1. The first kappa shape index (κ1) is 15.5. The lowest BCUT2D eigenvalue weighted by molar-refractivity contribution is -0.0645. The van der Waals surface area contributed by atoms with Crippen LogP contribution in [0.4, 0.5) is 4.39 Å². The van der Waals surface area contributed by atoms with Crippen LogP contribution in [0.2, 0.25) is 0 Å². The molecule has 2 nitrogen and oxygen atoms in total. The van der Waals surface area contributed by atoms with Crippen LogP contribution < -0.4 is 5.73 Å². The highest BCUT2D eigenvalue weighted by molar-refractivity contribution is 5.20. The second-order valence-electron chi connectivity index (χ2n) is 6.92. The van der Waals surface area contributed by atoms with E-state index in [4.69, 9.17) is 10.5 Å². The van der Waals surface area contributed by atoms with Crippen molar-refractivity contribution in [2.24, 2.45) is 17.1 Å². The highest BCUT2D eigenvalue weighted by Gasteiger charge is 2.34. The van der Waals surface area contributed by atoms with Gasteiger partial charge in [0.1, 0.15) is 5.82 Å². The minimum Gasteiger partial charge on any atom is -0.369 e. The molecular weight excluding hydrogens is 253 g/mol. The second-order valence-corrected chi connectivity index (χ2v) is 6.92. The number of rotatable bonds is 4. The van der Waals surface area contributed by atoms with E-state index in [1.54, 1.807) is 12.1 Å². The monoisotopic (exact) mass is 279 g/mol. The fourth-order valence-electron chi connectivity index (χ4n) is 3.59. The largest absolute Gasteiger partial charge is 0.369 e. The van der Waals surface area contributed by atoms with Crippen molar-refractivity contribution < 1.29 is 9.13 Å². The van der Waals surface area contributed by atoms with Crippen molar-refractivity contribution in [3.63, 3.8) is 0 Å². The predicted molar refractivity (Wildman–Crippen MR) is 79.9 cm³/mol. The third-order valence-corrected chi connectivity index (χ3v) is 4.17. The highest BCUT2D eigenvalue weighted by atomic mass is 19.1. The van der Waals surface area contributed by atoms with Gasteiger partial charge in [0, 0.05) is 12.1 Å².